The number of hydrogen-bond acceptors (Lipinski definition) is 4. The molecule has 3 rings (SSSR count). The van der Waals surface area contributed by atoms with Crippen molar-refractivity contribution < 1.29 is 14.3 Å². The molecule has 0 saturated heterocycles. The van der Waals surface area contributed by atoms with Crippen molar-refractivity contribution in [3.05, 3.63) is 101 Å². The lowest BCUT2D eigenvalue weighted by Gasteiger charge is -2.15. The van der Waals surface area contributed by atoms with Crippen LogP contribution in [0.3, 0.4) is 0 Å². The number of benzene rings is 3. The van der Waals surface area contributed by atoms with Crippen LogP contribution < -0.4 is 20.9 Å². The Morgan fingerprint density at radius 2 is 1.71 bits per heavy atom. The van der Waals surface area contributed by atoms with Gasteiger partial charge in [-0.25, -0.2) is 0 Å². The van der Waals surface area contributed by atoms with E-state index in [1.807, 2.05) is 18.2 Å². The van der Waals surface area contributed by atoms with Crippen LogP contribution in [0, 0.1) is 0 Å². The Kier molecular flexibility index (Phi) is 7.30. The average molecular weight is 436 g/mol. The second-order valence-corrected chi connectivity index (χ2v) is 7.17. The third kappa shape index (κ3) is 6.35. The number of hydrogen-bond donors (Lipinski definition) is 3. The molecule has 0 aliphatic rings. The summed E-state index contributed by atoms with van der Waals surface area (Å²) in [5.74, 6) is -0.0832. The Bertz CT molecular complexity index is 1100. The molecule has 0 aliphatic heterocycles. The summed E-state index contributed by atoms with van der Waals surface area (Å²) in [6.45, 7) is 5.68. The summed E-state index contributed by atoms with van der Waals surface area (Å²) in [4.78, 5) is 23.9. The molecule has 7 heteroatoms. The van der Waals surface area contributed by atoms with Crippen LogP contribution in [0.1, 0.15) is 28.4 Å². The molecular formula is C24H22ClN3O3. The van der Waals surface area contributed by atoms with Crippen LogP contribution in [0.4, 0.5) is 5.69 Å². The molecule has 0 spiro atoms. The van der Waals surface area contributed by atoms with E-state index >= 15 is 0 Å². The van der Waals surface area contributed by atoms with E-state index in [0.717, 1.165) is 11.1 Å². The number of nitrogens with one attached hydrogen (secondary N) is 3. The number of carbonyl (C=O) groups excluding carboxylic acids is 2. The van der Waals surface area contributed by atoms with Crippen molar-refractivity contribution in [2.24, 2.45) is 0 Å². The topological polar surface area (TPSA) is 79.5 Å². The molecular weight excluding hydrogens is 414 g/mol. The van der Waals surface area contributed by atoms with Crippen molar-refractivity contribution in [1.82, 2.24) is 10.9 Å². The molecule has 0 aromatic heterocycles. The fourth-order valence-corrected chi connectivity index (χ4v) is 2.91. The number of amides is 2. The zero-order valence-corrected chi connectivity index (χ0v) is 17.7. The quantitative estimate of drug-likeness (QED) is 0.445. The van der Waals surface area contributed by atoms with E-state index in [9.17, 15) is 9.59 Å². The molecule has 0 aliphatic carbocycles. The van der Waals surface area contributed by atoms with Gasteiger partial charge in [0.2, 0.25) is 5.91 Å². The van der Waals surface area contributed by atoms with Gasteiger partial charge in [0.25, 0.3) is 5.91 Å². The molecule has 0 unspecified atom stereocenters. The third-order valence-electron chi connectivity index (χ3n) is 4.30. The number of anilines is 1. The first kappa shape index (κ1) is 21.9. The van der Waals surface area contributed by atoms with E-state index in [1.165, 1.54) is 6.92 Å². The minimum atomic E-state index is -0.370. The van der Waals surface area contributed by atoms with E-state index in [4.69, 9.17) is 16.3 Å². The molecule has 2 amide bonds. The summed E-state index contributed by atoms with van der Waals surface area (Å²) in [7, 11) is 0. The molecule has 0 bridgehead atoms. The first-order valence-electron chi connectivity index (χ1n) is 9.52. The summed E-state index contributed by atoms with van der Waals surface area (Å²) >= 11 is 5.90. The molecule has 0 atom stereocenters. The highest BCUT2D eigenvalue weighted by Gasteiger charge is 2.13. The predicted molar refractivity (Wildman–Crippen MR) is 123 cm³/mol. The highest BCUT2D eigenvalue weighted by Crippen LogP contribution is 2.20. The van der Waals surface area contributed by atoms with Crippen molar-refractivity contribution in [3.8, 4) is 5.75 Å². The van der Waals surface area contributed by atoms with Crippen LogP contribution in [0.25, 0.3) is 5.70 Å². The number of halogens is 1. The summed E-state index contributed by atoms with van der Waals surface area (Å²) in [5, 5.41) is 3.36. The number of para-hydroxylation sites is 1. The van der Waals surface area contributed by atoms with E-state index < -0.39 is 0 Å². The van der Waals surface area contributed by atoms with Crippen LogP contribution in [0.2, 0.25) is 5.02 Å². The second kappa shape index (κ2) is 10.3. The number of carbonyl (C=O) groups is 2. The molecule has 3 aromatic carbocycles. The molecule has 0 radical (unpaired) electrons. The lowest BCUT2D eigenvalue weighted by molar-refractivity contribution is -0.114. The van der Waals surface area contributed by atoms with E-state index in [1.54, 1.807) is 54.6 Å². The molecule has 3 N–H and O–H groups in total. The van der Waals surface area contributed by atoms with Gasteiger partial charge in [-0.1, -0.05) is 54.6 Å². The van der Waals surface area contributed by atoms with Crippen LogP contribution in [0.5, 0.6) is 5.75 Å². The molecule has 6 nitrogen and oxygen atoms in total. The highest BCUT2D eigenvalue weighted by atomic mass is 35.5. The van der Waals surface area contributed by atoms with Gasteiger partial charge in [0.1, 0.15) is 12.4 Å². The van der Waals surface area contributed by atoms with Crippen LogP contribution in [0.15, 0.2) is 79.4 Å². The maximum absolute atomic E-state index is 12.7. The maximum Gasteiger partial charge on any atom is 0.273 e. The van der Waals surface area contributed by atoms with Gasteiger partial charge >= 0.3 is 0 Å². The normalized spacial score (nSPS) is 10.1. The summed E-state index contributed by atoms with van der Waals surface area (Å²) in [6.07, 6.45) is 0. The predicted octanol–water partition coefficient (Wildman–Crippen LogP) is 4.78. The first-order valence-corrected chi connectivity index (χ1v) is 9.90. The summed E-state index contributed by atoms with van der Waals surface area (Å²) < 4.78 is 5.83. The Balaban J connectivity index is 1.62. The van der Waals surface area contributed by atoms with Gasteiger partial charge in [-0.15, -0.1) is 0 Å². The molecule has 0 heterocycles. The molecule has 0 fully saturated rings. The monoisotopic (exact) mass is 435 g/mol. The van der Waals surface area contributed by atoms with E-state index in [0.29, 0.717) is 34.3 Å². The minimum absolute atomic E-state index is 0.167. The lowest BCUT2D eigenvalue weighted by atomic mass is 10.1. The Morgan fingerprint density at radius 1 is 0.968 bits per heavy atom. The van der Waals surface area contributed by atoms with Gasteiger partial charge in [0.05, 0.1) is 11.3 Å². The molecule has 3 aromatic rings. The highest BCUT2D eigenvalue weighted by molar-refractivity contribution is 6.30. The fourth-order valence-electron chi connectivity index (χ4n) is 2.78. The SMILES string of the molecule is C=C(NNC(=O)c1ccccc1OCc1ccc(Cl)cc1)c1cccc(NC(C)=O)c1. The summed E-state index contributed by atoms with van der Waals surface area (Å²) in [6, 6.07) is 21.4. The number of rotatable bonds is 8. The Labute approximate surface area is 185 Å². The largest absolute Gasteiger partial charge is 0.488 e. The average Bonchev–Trinajstić information content (AvgIpc) is 2.77. The van der Waals surface area contributed by atoms with Gasteiger partial charge in [0.15, 0.2) is 0 Å². The van der Waals surface area contributed by atoms with Crippen molar-refractivity contribution in [3.63, 3.8) is 0 Å². The molecule has 0 saturated carbocycles. The Morgan fingerprint density at radius 3 is 2.45 bits per heavy atom. The van der Waals surface area contributed by atoms with Crippen molar-refractivity contribution in [2.45, 2.75) is 13.5 Å². The zero-order chi connectivity index (χ0) is 22.2. The smallest absolute Gasteiger partial charge is 0.273 e. The Hall–Kier alpha value is -3.77. The van der Waals surface area contributed by atoms with E-state index in [2.05, 4.69) is 22.7 Å². The molecule has 31 heavy (non-hydrogen) atoms. The van der Waals surface area contributed by atoms with Gasteiger partial charge in [-0.05, 0) is 42.0 Å². The lowest BCUT2D eigenvalue weighted by Crippen LogP contribution is -2.36. The van der Waals surface area contributed by atoms with Crippen molar-refractivity contribution in [1.29, 1.82) is 0 Å². The van der Waals surface area contributed by atoms with Gasteiger partial charge < -0.3 is 10.1 Å². The fraction of sp³-hybridized carbons (Fsp3) is 0.0833. The van der Waals surface area contributed by atoms with Crippen molar-refractivity contribution in [2.75, 3.05) is 5.32 Å². The third-order valence-corrected chi connectivity index (χ3v) is 4.55. The maximum atomic E-state index is 12.7. The van der Waals surface area contributed by atoms with Gasteiger partial charge in [-0.3, -0.25) is 20.4 Å². The first-order chi connectivity index (χ1) is 14.9. The van der Waals surface area contributed by atoms with Gasteiger partial charge in [-0.2, -0.15) is 0 Å². The second-order valence-electron chi connectivity index (χ2n) is 6.73. The number of hydrazine groups is 1. The molecule has 158 valence electrons. The van der Waals surface area contributed by atoms with Crippen LogP contribution in [-0.2, 0) is 11.4 Å². The minimum Gasteiger partial charge on any atom is -0.488 e. The zero-order valence-electron chi connectivity index (χ0n) is 16.9. The number of ether oxygens (including phenoxy) is 1. The van der Waals surface area contributed by atoms with Crippen molar-refractivity contribution >= 4 is 34.8 Å². The van der Waals surface area contributed by atoms with Crippen LogP contribution in [-0.4, -0.2) is 11.8 Å². The van der Waals surface area contributed by atoms with Gasteiger partial charge in [0, 0.05) is 23.2 Å². The standard InChI is InChI=1S/C24H22ClN3O3/c1-16(19-6-5-7-21(14-19)26-17(2)29)27-28-24(30)22-8-3-4-9-23(22)31-15-18-10-12-20(25)13-11-18/h3-14,27H,1,15H2,2H3,(H,26,29)(H,28,30). The van der Waals surface area contributed by atoms with E-state index in [-0.39, 0.29) is 11.8 Å². The van der Waals surface area contributed by atoms with Crippen LogP contribution >= 0.6 is 11.6 Å². The summed E-state index contributed by atoms with van der Waals surface area (Å²) in [5.41, 5.74) is 8.58.